The Morgan fingerprint density at radius 3 is 2.66 bits per heavy atom. The lowest BCUT2D eigenvalue weighted by Gasteiger charge is -2.28. The second kappa shape index (κ2) is 9.16. The zero-order valence-electron chi connectivity index (χ0n) is 18.5. The van der Waals surface area contributed by atoms with Crippen LogP contribution in [0.15, 0.2) is 36.4 Å². The zero-order chi connectivity index (χ0) is 23.6. The molecule has 9 heteroatoms. The molecule has 0 spiro atoms. The van der Waals surface area contributed by atoms with Crippen molar-refractivity contribution >= 4 is 40.5 Å². The first-order valence-electron chi connectivity index (χ1n) is 10.3. The molecule has 3 rings (SSSR count). The third-order valence-electron chi connectivity index (χ3n) is 5.26. The van der Waals surface area contributed by atoms with Gasteiger partial charge in [-0.2, -0.15) is 0 Å². The van der Waals surface area contributed by atoms with Gasteiger partial charge in [0.2, 0.25) is 5.91 Å². The van der Waals surface area contributed by atoms with E-state index >= 15 is 0 Å². The average molecular weight is 460 g/mol. The van der Waals surface area contributed by atoms with Crippen LogP contribution >= 0.6 is 11.6 Å². The van der Waals surface area contributed by atoms with Gasteiger partial charge in [-0.3, -0.25) is 19.7 Å². The van der Waals surface area contributed by atoms with Crippen LogP contribution in [0.2, 0.25) is 5.02 Å². The molecule has 2 amide bonds. The summed E-state index contributed by atoms with van der Waals surface area (Å²) in [6.45, 7) is 8.62. The van der Waals surface area contributed by atoms with Crippen LogP contribution in [0.5, 0.6) is 5.75 Å². The molecule has 1 N–H and O–H groups in total. The van der Waals surface area contributed by atoms with Gasteiger partial charge in [-0.1, -0.05) is 25.4 Å². The van der Waals surface area contributed by atoms with Gasteiger partial charge in [-0.15, -0.1) is 0 Å². The van der Waals surface area contributed by atoms with Gasteiger partial charge in [0.25, 0.3) is 11.6 Å². The maximum absolute atomic E-state index is 13.2. The fourth-order valence-electron chi connectivity index (χ4n) is 3.33. The Balaban J connectivity index is 1.94. The zero-order valence-corrected chi connectivity index (χ0v) is 19.2. The summed E-state index contributed by atoms with van der Waals surface area (Å²) in [7, 11) is 0. The molecule has 0 unspecified atom stereocenters. The standard InChI is InChI=1S/C23H26ClN3O5/c1-14(2)9-10-26-19-11-15(5-8-20(19)32-13-23(3,4)22(26)29)25-21(28)17-12-16(27(30)31)6-7-18(17)24/h5-8,11-12,14H,9-10,13H2,1-4H3,(H,25,28). The molecule has 0 bridgehead atoms. The topological polar surface area (TPSA) is 102 Å². The van der Waals surface area contributed by atoms with Crippen molar-refractivity contribution in [3.05, 3.63) is 57.1 Å². The van der Waals surface area contributed by atoms with E-state index in [4.69, 9.17) is 16.3 Å². The third-order valence-corrected chi connectivity index (χ3v) is 5.59. The van der Waals surface area contributed by atoms with Gasteiger partial charge >= 0.3 is 0 Å². The first-order valence-corrected chi connectivity index (χ1v) is 10.7. The molecular formula is C23H26ClN3O5. The lowest BCUT2D eigenvalue weighted by molar-refractivity contribution is -0.384. The predicted octanol–water partition coefficient (Wildman–Crippen LogP) is 5.30. The highest BCUT2D eigenvalue weighted by Crippen LogP contribution is 2.38. The van der Waals surface area contributed by atoms with Crippen LogP contribution in [0, 0.1) is 21.4 Å². The van der Waals surface area contributed by atoms with Crippen LogP contribution in [0.25, 0.3) is 0 Å². The summed E-state index contributed by atoms with van der Waals surface area (Å²) in [5.41, 5.74) is 0.0465. The van der Waals surface area contributed by atoms with Gasteiger partial charge in [0.15, 0.2) is 0 Å². The molecule has 0 fully saturated rings. The Labute approximate surface area is 191 Å². The van der Waals surface area contributed by atoms with Crippen molar-refractivity contribution in [3.8, 4) is 5.75 Å². The van der Waals surface area contributed by atoms with E-state index in [9.17, 15) is 19.7 Å². The molecule has 0 aliphatic carbocycles. The summed E-state index contributed by atoms with van der Waals surface area (Å²) in [6.07, 6.45) is 0.807. The first kappa shape index (κ1) is 23.5. The number of nitro benzene ring substituents is 1. The number of anilines is 2. The summed E-state index contributed by atoms with van der Waals surface area (Å²) in [4.78, 5) is 38.2. The van der Waals surface area contributed by atoms with Gasteiger partial charge in [0, 0.05) is 24.4 Å². The molecule has 2 aromatic carbocycles. The summed E-state index contributed by atoms with van der Waals surface area (Å²) in [6, 6.07) is 8.72. The molecule has 2 aromatic rings. The molecule has 1 heterocycles. The molecule has 0 aromatic heterocycles. The van der Waals surface area contributed by atoms with E-state index in [-0.39, 0.29) is 28.8 Å². The van der Waals surface area contributed by atoms with Gasteiger partial charge in [0.05, 0.1) is 26.6 Å². The van der Waals surface area contributed by atoms with Crippen molar-refractivity contribution in [3.63, 3.8) is 0 Å². The highest BCUT2D eigenvalue weighted by Gasteiger charge is 2.37. The Morgan fingerprint density at radius 2 is 2.00 bits per heavy atom. The number of nitrogens with zero attached hydrogens (tertiary/aromatic N) is 2. The van der Waals surface area contributed by atoms with E-state index in [1.54, 1.807) is 23.1 Å². The van der Waals surface area contributed by atoms with Gasteiger partial charge < -0.3 is 15.0 Å². The monoisotopic (exact) mass is 459 g/mol. The molecule has 0 radical (unpaired) electrons. The number of non-ortho nitro benzene ring substituents is 1. The van der Waals surface area contributed by atoms with Crippen LogP contribution < -0.4 is 15.0 Å². The minimum atomic E-state index is -0.699. The molecule has 32 heavy (non-hydrogen) atoms. The number of nitro groups is 1. The van der Waals surface area contributed by atoms with Crippen LogP contribution in [-0.2, 0) is 4.79 Å². The van der Waals surface area contributed by atoms with E-state index in [2.05, 4.69) is 19.2 Å². The number of hydrogen-bond acceptors (Lipinski definition) is 5. The van der Waals surface area contributed by atoms with Crippen molar-refractivity contribution in [1.82, 2.24) is 0 Å². The van der Waals surface area contributed by atoms with Crippen LogP contribution in [0.1, 0.15) is 44.5 Å². The lowest BCUT2D eigenvalue weighted by atomic mass is 9.92. The second-order valence-electron chi connectivity index (χ2n) is 8.87. The Kier molecular flexibility index (Phi) is 6.74. The largest absolute Gasteiger partial charge is 0.490 e. The highest BCUT2D eigenvalue weighted by atomic mass is 35.5. The van der Waals surface area contributed by atoms with E-state index in [1.807, 2.05) is 13.8 Å². The molecule has 170 valence electrons. The summed E-state index contributed by atoms with van der Waals surface area (Å²) >= 11 is 6.09. The van der Waals surface area contributed by atoms with Gasteiger partial charge in [-0.25, -0.2) is 0 Å². The molecule has 0 saturated carbocycles. The van der Waals surface area contributed by atoms with Crippen LogP contribution in [-0.4, -0.2) is 29.9 Å². The minimum absolute atomic E-state index is 0.0130. The maximum atomic E-state index is 13.2. The number of amides is 2. The van der Waals surface area contributed by atoms with Crippen molar-refractivity contribution in [1.29, 1.82) is 0 Å². The second-order valence-corrected chi connectivity index (χ2v) is 9.28. The quantitative estimate of drug-likeness (QED) is 0.466. The van der Waals surface area contributed by atoms with Crippen molar-refractivity contribution in [2.24, 2.45) is 11.3 Å². The number of fused-ring (bicyclic) bond motifs is 1. The fraction of sp³-hybridized carbons (Fsp3) is 0.391. The number of carbonyl (C=O) groups excluding carboxylic acids is 2. The van der Waals surface area contributed by atoms with Crippen molar-refractivity contribution < 1.29 is 19.2 Å². The van der Waals surface area contributed by atoms with Crippen LogP contribution in [0.4, 0.5) is 17.1 Å². The minimum Gasteiger partial charge on any atom is -0.490 e. The number of rotatable bonds is 6. The molecule has 0 saturated heterocycles. The molecule has 1 aliphatic rings. The van der Waals surface area contributed by atoms with E-state index in [0.29, 0.717) is 29.6 Å². The number of ether oxygens (including phenoxy) is 1. The first-order chi connectivity index (χ1) is 15.0. The van der Waals surface area contributed by atoms with E-state index < -0.39 is 16.2 Å². The number of benzene rings is 2. The van der Waals surface area contributed by atoms with Gasteiger partial charge in [0.1, 0.15) is 12.4 Å². The normalized spacial score (nSPS) is 15.1. The Hall–Kier alpha value is -3.13. The molecule has 1 aliphatic heterocycles. The molecule has 8 nitrogen and oxygen atoms in total. The van der Waals surface area contributed by atoms with Gasteiger partial charge in [-0.05, 0) is 50.5 Å². The van der Waals surface area contributed by atoms with Crippen molar-refractivity contribution in [2.45, 2.75) is 34.1 Å². The summed E-state index contributed by atoms with van der Waals surface area (Å²) in [5, 5.41) is 13.9. The van der Waals surface area contributed by atoms with E-state index in [1.165, 1.54) is 12.1 Å². The summed E-state index contributed by atoms with van der Waals surface area (Å²) < 4.78 is 5.91. The highest BCUT2D eigenvalue weighted by molar-refractivity contribution is 6.34. The van der Waals surface area contributed by atoms with Crippen molar-refractivity contribution in [2.75, 3.05) is 23.4 Å². The number of nitrogens with one attached hydrogen (secondary N) is 1. The molecular weight excluding hydrogens is 434 g/mol. The molecule has 0 atom stereocenters. The number of hydrogen-bond donors (Lipinski definition) is 1. The lowest BCUT2D eigenvalue weighted by Crippen LogP contribution is -2.42. The Bertz CT molecular complexity index is 1070. The fourth-order valence-corrected chi connectivity index (χ4v) is 3.53. The SMILES string of the molecule is CC(C)CCN1C(=O)C(C)(C)COc2ccc(NC(=O)c3cc([N+](=O)[O-])ccc3Cl)cc21. The third kappa shape index (κ3) is 5.02. The Morgan fingerprint density at radius 1 is 1.28 bits per heavy atom. The number of carbonyl (C=O) groups is 2. The smallest absolute Gasteiger partial charge is 0.270 e. The summed E-state index contributed by atoms with van der Waals surface area (Å²) in [5.74, 6) is 0.312. The van der Waals surface area contributed by atoms with E-state index in [0.717, 1.165) is 12.5 Å². The maximum Gasteiger partial charge on any atom is 0.270 e. The average Bonchev–Trinajstić information content (AvgIpc) is 2.81. The van der Waals surface area contributed by atoms with Crippen LogP contribution in [0.3, 0.4) is 0 Å². The predicted molar refractivity (Wildman–Crippen MR) is 124 cm³/mol. The number of halogens is 1.